The normalized spacial score (nSPS) is 17.1. The van der Waals surface area contributed by atoms with Crippen LogP contribution in [0.1, 0.15) is 12.2 Å². The summed E-state index contributed by atoms with van der Waals surface area (Å²) in [6, 6.07) is 7.81. The van der Waals surface area contributed by atoms with E-state index in [1.807, 2.05) is 12.1 Å². The Balaban J connectivity index is 0.00000243. The van der Waals surface area contributed by atoms with Crippen molar-refractivity contribution in [2.75, 3.05) is 31.6 Å². The zero-order valence-electron chi connectivity index (χ0n) is 14.5. The molecule has 1 saturated heterocycles. The minimum atomic E-state index is -0.526. The van der Waals surface area contributed by atoms with Crippen LogP contribution in [0.25, 0.3) is 0 Å². The van der Waals surface area contributed by atoms with Crippen molar-refractivity contribution in [2.45, 2.75) is 18.9 Å². The van der Waals surface area contributed by atoms with Crippen molar-refractivity contribution in [3.63, 3.8) is 0 Å². The minimum absolute atomic E-state index is 0. The number of hydrogen-bond acceptors (Lipinski definition) is 3. The first-order chi connectivity index (χ1) is 12.2. The minimum Gasteiger partial charge on any atom is -0.469 e. The molecule has 2 heterocycles. The second kappa shape index (κ2) is 9.75. The molecule has 1 atom stereocenters. The number of benzene rings is 1. The van der Waals surface area contributed by atoms with E-state index in [1.54, 1.807) is 18.2 Å². The predicted octanol–water partition coefficient (Wildman–Crippen LogP) is 3.16. The van der Waals surface area contributed by atoms with E-state index < -0.39 is 11.6 Å². The summed E-state index contributed by atoms with van der Waals surface area (Å²) in [7, 11) is 1.70. The largest absolute Gasteiger partial charge is 0.469 e. The van der Waals surface area contributed by atoms with Crippen LogP contribution in [0.2, 0.25) is 0 Å². The Morgan fingerprint density at radius 2 is 2.04 bits per heavy atom. The summed E-state index contributed by atoms with van der Waals surface area (Å²) in [4.78, 5) is 5.93. The van der Waals surface area contributed by atoms with Gasteiger partial charge >= 0.3 is 0 Å². The number of nitrogens with zero attached hydrogens (tertiary/aromatic N) is 2. The second-order valence-electron chi connectivity index (χ2n) is 5.97. The fraction of sp³-hybridized carbons (Fsp3) is 0.389. The highest BCUT2D eigenvalue weighted by Crippen LogP contribution is 2.26. The van der Waals surface area contributed by atoms with Crippen molar-refractivity contribution < 1.29 is 13.2 Å². The van der Waals surface area contributed by atoms with Gasteiger partial charge in [-0.3, -0.25) is 4.99 Å². The monoisotopic (exact) mass is 476 g/mol. The summed E-state index contributed by atoms with van der Waals surface area (Å²) in [5, 5.41) is 6.53. The summed E-state index contributed by atoms with van der Waals surface area (Å²) in [5.74, 6) is 0.528. The number of aliphatic imine (C=N–C) groups is 1. The summed E-state index contributed by atoms with van der Waals surface area (Å²) in [6.45, 7) is 1.81. The molecule has 8 heteroatoms. The SMILES string of the molecule is CN=C(NCCc1ccco1)NC1CCN(c2c(F)cccc2F)C1.I. The Morgan fingerprint density at radius 1 is 1.27 bits per heavy atom. The number of anilines is 1. The first kappa shape index (κ1) is 20.5. The quantitative estimate of drug-likeness (QED) is 0.396. The molecule has 1 aliphatic heterocycles. The lowest BCUT2D eigenvalue weighted by molar-refractivity contribution is 0.506. The fourth-order valence-corrected chi connectivity index (χ4v) is 3.02. The molecule has 0 amide bonds. The van der Waals surface area contributed by atoms with Crippen molar-refractivity contribution in [3.05, 3.63) is 54.0 Å². The van der Waals surface area contributed by atoms with Crippen LogP contribution in [0.5, 0.6) is 0 Å². The van der Waals surface area contributed by atoms with Gasteiger partial charge in [-0.1, -0.05) is 6.07 Å². The molecule has 0 radical (unpaired) electrons. The molecule has 0 bridgehead atoms. The lowest BCUT2D eigenvalue weighted by Gasteiger charge is -2.21. The summed E-state index contributed by atoms with van der Waals surface area (Å²) >= 11 is 0. The van der Waals surface area contributed by atoms with E-state index in [1.165, 1.54) is 18.2 Å². The Bertz CT molecular complexity index is 704. The highest BCUT2D eigenvalue weighted by molar-refractivity contribution is 14.0. The Morgan fingerprint density at radius 3 is 2.69 bits per heavy atom. The van der Waals surface area contributed by atoms with Crippen molar-refractivity contribution in [3.8, 4) is 0 Å². The zero-order chi connectivity index (χ0) is 17.6. The third-order valence-electron chi connectivity index (χ3n) is 4.25. The fourth-order valence-electron chi connectivity index (χ4n) is 3.02. The third kappa shape index (κ3) is 5.09. The summed E-state index contributed by atoms with van der Waals surface area (Å²) in [5.41, 5.74) is 0.0487. The van der Waals surface area contributed by atoms with Gasteiger partial charge in [-0.25, -0.2) is 8.78 Å². The van der Waals surface area contributed by atoms with E-state index in [0.29, 0.717) is 25.6 Å². The lowest BCUT2D eigenvalue weighted by atomic mass is 10.2. The molecule has 1 fully saturated rings. The van der Waals surface area contributed by atoms with Crippen LogP contribution < -0.4 is 15.5 Å². The van der Waals surface area contributed by atoms with Gasteiger partial charge in [0.2, 0.25) is 0 Å². The third-order valence-corrected chi connectivity index (χ3v) is 4.25. The molecule has 1 unspecified atom stereocenters. The van der Waals surface area contributed by atoms with Gasteiger partial charge in [0, 0.05) is 39.1 Å². The van der Waals surface area contributed by atoms with Gasteiger partial charge in [-0.15, -0.1) is 24.0 Å². The molecule has 1 aromatic carbocycles. The van der Waals surface area contributed by atoms with Gasteiger partial charge in [-0.2, -0.15) is 0 Å². The second-order valence-corrected chi connectivity index (χ2v) is 5.97. The van der Waals surface area contributed by atoms with Crippen LogP contribution in [-0.4, -0.2) is 38.7 Å². The number of rotatable bonds is 5. The van der Waals surface area contributed by atoms with Crippen LogP contribution in [0.4, 0.5) is 14.5 Å². The maximum Gasteiger partial charge on any atom is 0.191 e. The Hall–Kier alpha value is -1.84. The van der Waals surface area contributed by atoms with Crippen LogP contribution in [0, 0.1) is 11.6 Å². The van der Waals surface area contributed by atoms with Crippen LogP contribution in [0.15, 0.2) is 46.0 Å². The standard InChI is InChI=1S/C18H22F2N4O.HI/c1-21-18(22-9-7-14-4-3-11-25-14)23-13-8-10-24(12-13)17-15(19)5-2-6-16(17)20;/h2-6,11,13H,7-10,12H2,1H3,(H2,21,22,23);1H. The highest BCUT2D eigenvalue weighted by atomic mass is 127. The molecule has 1 aliphatic rings. The van der Waals surface area contributed by atoms with Gasteiger partial charge in [-0.05, 0) is 30.7 Å². The number of hydrogen-bond donors (Lipinski definition) is 2. The van der Waals surface area contributed by atoms with Crippen molar-refractivity contribution in [1.29, 1.82) is 0 Å². The van der Waals surface area contributed by atoms with Crippen molar-refractivity contribution in [1.82, 2.24) is 10.6 Å². The molecule has 2 N–H and O–H groups in total. The van der Waals surface area contributed by atoms with Crippen LogP contribution in [0.3, 0.4) is 0 Å². The van der Waals surface area contributed by atoms with Crippen molar-refractivity contribution >= 4 is 35.6 Å². The smallest absolute Gasteiger partial charge is 0.191 e. The van der Waals surface area contributed by atoms with E-state index in [2.05, 4.69) is 15.6 Å². The molecule has 3 rings (SSSR count). The Labute approximate surface area is 168 Å². The average Bonchev–Trinajstić information content (AvgIpc) is 3.26. The van der Waals surface area contributed by atoms with Gasteiger partial charge < -0.3 is 20.0 Å². The number of para-hydroxylation sites is 1. The molecule has 2 aromatic rings. The molecule has 0 aliphatic carbocycles. The molecule has 26 heavy (non-hydrogen) atoms. The molecule has 1 aromatic heterocycles. The van der Waals surface area contributed by atoms with Crippen molar-refractivity contribution in [2.24, 2.45) is 4.99 Å². The maximum atomic E-state index is 13.9. The number of guanidine groups is 1. The van der Waals surface area contributed by atoms with Gasteiger partial charge in [0.05, 0.1) is 6.26 Å². The average molecular weight is 476 g/mol. The molecule has 5 nitrogen and oxygen atoms in total. The van der Waals surface area contributed by atoms with Crippen LogP contribution >= 0.6 is 24.0 Å². The van der Waals surface area contributed by atoms with E-state index in [0.717, 1.165) is 18.6 Å². The predicted molar refractivity (Wildman–Crippen MR) is 109 cm³/mol. The molecule has 142 valence electrons. The maximum absolute atomic E-state index is 13.9. The topological polar surface area (TPSA) is 52.8 Å². The van der Waals surface area contributed by atoms with Gasteiger partial charge in [0.25, 0.3) is 0 Å². The van der Waals surface area contributed by atoms with E-state index >= 15 is 0 Å². The van der Waals surface area contributed by atoms with E-state index in [4.69, 9.17) is 4.42 Å². The first-order valence-corrected chi connectivity index (χ1v) is 8.36. The number of furan rings is 1. The highest BCUT2D eigenvalue weighted by Gasteiger charge is 2.27. The first-order valence-electron chi connectivity index (χ1n) is 8.36. The molecule has 0 saturated carbocycles. The van der Waals surface area contributed by atoms with Gasteiger partial charge in [0.1, 0.15) is 23.1 Å². The molecular weight excluding hydrogens is 453 g/mol. The summed E-state index contributed by atoms with van der Waals surface area (Å²) in [6.07, 6.45) is 3.19. The zero-order valence-corrected chi connectivity index (χ0v) is 16.9. The van der Waals surface area contributed by atoms with E-state index in [-0.39, 0.29) is 35.7 Å². The number of halogens is 3. The lowest BCUT2D eigenvalue weighted by Crippen LogP contribution is -2.45. The Kier molecular flexibility index (Phi) is 7.67. The van der Waals surface area contributed by atoms with Crippen LogP contribution in [-0.2, 0) is 6.42 Å². The molecular formula is C18H23F2IN4O. The molecule has 0 spiro atoms. The summed E-state index contributed by atoms with van der Waals surface area (Å²) < 4.78 is 33.1. The van der Waals surface area contributed by atoms with Gasteiger partial charge in [0.15, 0.2) is 5.96 Å². The van der Waals surface area contributed by atoms with E-state index in [9.17, 15) is 8.78 Å². The number of nitrogens with one attached hydrogen (secondary N) is 2.